The third-order valence-electron chi connectivity index (χ3n) is 1.49. The van der Waals surface area contributed by atoms with Gasteiger partial charge in [0.25, 0.3) is 0 Å². The van der Waals surface area contributed by atoms with Crippen LogP contribution in [0.3, 0.4) is 0 Å². The predicted octanol–water partition coefficient (Wildman–Crippen LogP) is 2.17. The van der Waals surface area contributed by atoms with Crippen molar-refractivity contribution >= 4 is 30.9 Å². The van der Waals surface area contributed by atoms with Gasteiger partial charge in [-0.1, -0.05) is 12.1 Å². The zero-order valence-corrected chi connectivity index (χ0v) is 7.85. The first-order valence-corrected chi connectivity index (χ1v) is 4.53. The largest absolute Gasteiger partial charge is 0.399 e. The summed E-state index contributed by atoms with van der Waals surface area (Å²) in [6, 6.07) is 7.70. The number of hydrogen-bond donors (Lipinski definition) is 3. The van der Waals surface area contributed by atoms with Gasteiger partial charge < -0.3 is 5.73 Å². The Balaban J connectivity index is 2.81. The second-order valence-electron chi connectivity index (χ2n) is 2.37. The standard InChI is InChI=1S/C8H11NS2/c9-7-3-1-6(2-4-7)8(11)5-10/h1-4,8,10-11H,5,9H2. The minimum atomic E-state index is 0.207. The molecular formula is C8H11NS2. The summed E-state index contributed by atoms with van der Waals surface area (Å²) in [5.41, 5.74) is 7.47. The molecule has 0 fully saturated rings. The van der Waals surface area contributed by atoms with Crippen molar-refractivity contribution in [2.75, 3.05) is 11.5 Å². The van der Waals surface area contributed by atoms with Gasteiger partial charge in [-0.2, -0.15) is 25.3 Å². The summed E-state index contributed by atoms with van der Waals surface area (Å²) in [6.45, 7) is 0. The maximum absolute atomic E-state index is 5.52. The lowest BCUT2D eigenvalue weighted by Crippen LogP contribution is -1.92. The van der Waals surface area contributed by atoms with Crippen LogP contribution in [-0.2, 0) is 0 Å². The number of hydrogen-bond acceptors (Lipinski definition) is 3. The highest BCUT2D eigenvalue weighted by Crippen LogP contribution is 2.21. The van der Waals surface area contributed by atoms with E-state index in [1.165, 1.54) is 0 Å². The van der Waals surface area contributed by atoms with Crippen LogP contribution < -0.4 is 5.73 Å². The molecule has 0 heterocycles. The zero-order chi connectivity index (χ0) is 8.27. The van der Waals surface area contributed by atoms with Gasteiger partial charge in [-0.05, 0) is 17.7 Å². The first kappa shape index (κ1) is 8.81. The number of rotatable bonds is 2. The normalized spacial score (nSPS) is 12.9. The second kappa shape index (κ2) is 3.93. The average molecular weight is 185 g/mol. The Morgan fingerprint density at radius 3 is 2.27 bits per heavy atom. The van der Waals surface area contributed by atoms with Gasteiger partial charge in [0.05, 0.1) is 0 Å². The SMILES string of the molecule is Nc1ccc(C(S)CS)cc1. The van der Waals surface area contributed by atoms with Gasteiger partial charge in [0.2, 0.25) is 0 Å². The van der Waals surface area contributed by atoms with Gasteiger partial charge in [0.15, 0.2) is 0 Å². The van der Waals surface area contributed by atoms with Gasteiger partial charge in [-0.25, -0.2) is 0 Å². The number of nitrogens with two attached hydrogens (primary N) is 1. The van der Waals surface area contributed by atoms with Gasteiger partial charge in [0.1, 0.15) is 0 Å². The highest BCUT2D eigenvalue weighted by atomic mass is 32.1. The molecule has 0 amide bonds. The van der Waals surface area contributed by atoms with E-state index in [9.17, 15) is 0 Å². The molecule has 1 unspecified atom stereocenters. The molecule has 0 spiro atoms. The van der Waals surface area contributed by atoms with Crippen molar-refractivity contribution in [2.24, 2.45) is 0 Å². The topological polar surface area (TPSA) is 26.0 Å². The fourth-order valence-electron chi connectivity index (χ4n) is 0.824. The van der Waals surface area contributed by atoms with Crippen molar-refractivity contribution in [1.82, 2.24) is 0 Å². The molecule has 0 aliphatic carbocycles. The van der Waals surface area contributed by atoms with E-state index in [0.717, 1.165) is 17.0 Å². The van der Waals surface area contributed by atoms with Crippen molar-refractivity contribution < 1.29 is 0 Å². The van der Waals surface area contributed by atoms with Crippen LogP contribution in [0.4, 0.5) is 5.69 Å². The van der Waals surface area contributed by atoms with Crippen LogP contribution in [0.5, 0.6) is 0 Å². The van der Waals surface area contributed by atoms with E-state index < -0.39 is 0 Å². The van der Waals surface area contributed by atoms with Crippen LogP contribution in [0.1, 0.15) is 10.8 Å². The average Bonchev–Trinajstić information content (AvgIpc) is 2.05. The molecule has 0 aromatic heterocycles. The van der Waals surface area contributed by atoms with E-state index in [-0.39, 0.29) is 5.25 Å². The highest BCUT2D eigenvalue weighted by Gasteiger charge is 2.01. The van der Waals surface area contributed by atoms with Crippen LogP contribution in [0.25, 0.3) is 0 Å². The fourth-order valence-corrected chi connectivity index (χ4v) is 1.21. The number of anilines is 1. The summed E-state index contributed by atoms with van der Waals surface area (Å²) >= 11 is 8.48. The van der Waals surface area contributed by atoms with Crippen molar-refractivity contribution in [2.45, 2.75) is 5.25 Å². The third-order valence-corrected chi connectivity index (χ3v) is 2.63. The van der Waals surface area contributed by atoms with E-state index in [1.807, 2.05) is 24.3 Å². The quantitative estimate of drug-likeness (QED) is 0.478. The molecule has 60 valence electrons. The van der Waals surface area contributed by atoms with Gasteiger partial charge in [-0.15, -0.1) is 0 Å². The Bertz CT molecular complexity index is 220. The third kappa shape index (κ3) is 2.34. The summed E-state index contributed by atoms with van der Waals surface area (Å²) in [5, 5.41) is 0.207. The van der Waals surface area contributed by atoms with Gasteiger partial charge in [-0.3, -0.25) is 0 Å². The maximum Gasteiger partial charge on any atom is 0.0355 e. The molecule has 0 aliphatic rings. The summed E-state index contributed by atoms with van der Waals surface area (Å²) in [4.78, 5) is 0. The van der Waals surface area contributed by atoms with Crippen molar-refractivity contribution in [3.05, 3.63) is 29.8 Å². The lowest BCUT2D eigenvalue weighted by atomic mass is 10.1. The van der Waals surface area contributed by atoms with Gasteiger partial charge >= 0.3 is 0 Å². The molecule has 2 N–H and O–H groups in total. The van der Waals surface area contributed by atoms with Crippen LogP contribution >= 0.6 is 25.3 Å². The van der Waals surface area contributed by atoms with Crippen molar-refractivity contribution in [3.8, 4) is 0 Å². The first-order valence-electron chi connectivity index (χ1n) is 3.38. The molecular weight excluding hydrogens is 174 g/mol. The molecule has 1 aromatic rings. The minimum absolute atomic E-state index is 0.207. The second-order valence-corrected chi connectivity index (χ2v) is 3.35. The minimum Gasteiger partial charge on any atom is -0.399 e. The van der Waals surface area contributed by atoms with E-state index in [0.29, 0.717) is 0 Å². The first-order chi connectivity index (χ1) is 5.24. The van der Waals surface area contributed by atoms with Crippen LogP contribution in [0.2, 0.25) is 0 Å². The molecule has 3 heteroatoms. The zero-order valence-electron chi connectivity index (χ0n) is 6.07. The van der Waals surface area contributed by atoms with E-state index in [1.54, 1.807) is 0 Å². The predicted molar refractivity (Wildman–Crippen MR) is 56.4 cm³/mol. The van der Waals surface area contributed by atoms with Crippen LogP contribution in [0.15, 0.2) is 24.3 Å². The maximum atomic E-state index is 5.52. The van der Waals surface area contributed by atoms with Crippen LogP contribution in [-0.4, -0.2) is 5.75 Å². The van der Waals surface area contributed by atoms with E-state index in [4.69, 9.17) is 5.73 Å². The Kier molecular flexibility index (Phi) is 3.15. The molecule has 1 aromatic carbocycles. The summed E-state index contributed by atoms with van der Waals surface area (Å²) < 4.78 is 0. The number of thiol groups is 2. The van der Waals surface area contributed by atoms with Crippen molar-refractivity contribution in [3.63, 3.8) is 0 Å². The Labute approximate surface area is 77.8 Å². The summed E-state index contributed by atoms with van der Waals surface area (Å²) in [6.07, 6.45) is 0. The van der Waals surface area contributed by atoms with E-state index >= 15 is 0 Å². The van der Waals surface area contributed by atoms with Crippen LogP contribution in [0, 0.1) is 0 Å². The van der Waals surface area contributed by atoms with Gasteiger partial charge in [0, 0.05) is 16.7 Å². The molecule has 11 heavy (non-hydrogen) atoms. The fraction of sp³-hybridized carbons (Fsp3) is 0.250. The lowest BCUT2D eigenvalue weighted by Gasteiger charge is -2.06. The lowest BCUT2D eigenvalue weighted by molar-refractivity contribution is 1.13. The molecule has 0 bridgehead atoms. The molecule has 0 saturated carbocycles. The van der Waals surface area contributed by atoms with E-state index in [2.05, 4.69) is 25.3 Å². The number of benzene rings is 1. The number of nitrogen functional groups attached to an aromatic ring is 1. The molecule has 1 atom stereocenters. The summed E-state index contributed by atoms with van der Waals surface area (Å²) in [5.74, 6) is 0.743. The highest BCUT2D eigenvalue weighted by molar-refractivity contribution is 7.84. The molecule has 0 aliphatic heterocycles. The summed E-state index contributed by atoms with van der Waals surface area (Å²) in [7, 11) is 0. The Morgan fingerprint density at radius 1 is 1.27 bits per heavy atom. The molecule has 0 radical (unpaired) electrons. The Morgan fingerprint density at radius 2 is 1.82 bits per heavy atom. The molecule has 1 rings (SSSR count). The monoisotopic (exact) mass is 185 g/mol. The Hall–Kier alpha value is -0.280. The molecule has 0 saturated heterocycles. The molecule has 1 nitrogen and oxygen atoms in total. The smallest absolute Gasteiger partial charge is 0.0355 e. The van der Waals surface area contributed by atoms with Crippen molar-refractivity contribution in [1.29, 1.82) is 0 Å².